The Balaban J connectivity index is 2.12. The molecule has 0 aliphatic heterocycles. The summed E-state index contributed by atoms with van der Waals surface area (Å²) in [7, 11) is 0. The second-order valence-corrected chi connectivity index (χ2v) is 7.31. The Morgan fingerprint density at radius 1 is 1.16 bits per heavy atom. The fraction of sp³-hybridized carbons (Fsp3) is 0.158. The highest BCUT2D eigenvalue weighted by Gasteiger charge is 2.14. The smallest absolute Gasteiger partial charge is 0.196 e. The lowest BCUT2D eigenvalue weighted by Crippen LogP contribution is -2.11. The van der Waals surface area contributed by atoms with Gasteiger partial charge < -0.3 is 11.1 Å². The van der Waals surface area contributed by atoms with Crippen LogP contribution in [0.25, 0.3) is 31.1 Å². The molecule has 0 radical (unpaired) electrons. The van der Waals surface area contributed by atoms with Gasteiger partial charge in [0.15, 0.2) is 5.43 Å². The molecule has 0 amide bonds. The zero-order valence-electron chi connectivity index (χ0n) is 13.4. The fourth-order valence-electron chi connectivity index (χ4n) is 2.96. The lowest BCUT2D eigenvalue weighted by atomic mass is 10.1. The van der Waals surface area contributed by atoms with Crippen LogP contribution in [0.4, 0.5) is 5.82 Å². The fourth-order valence-corrected chi connectivity index (χ4v) is 4.27. The van der Waals surface area contributed by atoms with E-state index in [9.17, 15) is 4.79 Å². The SMILES string of the molecule is NCCCNc1nc2ccccc2c2c(=O)c3cc(Cl)ccc3sc12. The van der Waals surface area contributed by atoms with Crippen LogP contribution >= 0.6 is 22.9 Å². The molecule has 4 rings (SSSR count). The van der Waals surface area contributed by atoms with Crippen molar-refractivity contribution in [2.24, 2.45) is 5.73 Å². The van der Waals surface area contributed by atoms with Gasteiger partial charge in [0.1, 0.15) is 5.82 Å². The van der Waals surface area contributed by atoms with Gasteiger partial charge in [0.2, 0.25) is 0 Å². The van der Waals surface area contributed by atoms with Crippen LogP contribution in [0.15, 0.2) is 47.3 Å². The first kappa shape index (κ1) is 16.3. The Bertz CT molecular complexity index is 1160. The van der Waals surface area contributed by atoms with E-state index in [0.717, 1.165) is 39.1 Å². The largest absolute Gasteiger partial charge is 0.369 e. The zero-order valence-corrected chi connectivity index (χ0v) is 15.0. The molecule has 0 aliphatic rings. The van der Waals surface area contributed by atoms with Gasteiger partial charge in [-0.3, -0.25) is 4.79 Å². The van der Waals surface area contributed by atoms with Crippen LogP contribution in [-0.4, -0.2) is 18.1 Å². The normalized spacial score (nSPS) is 11.4. The maximum atomic E-state index is 13.2. The van der Waals surface area contributed by atoms with Crippen LogP contribution < -0.4 is 16.5 Å². The highest BCUT2D eigenvalue weighted by Crippen LogP contribution is 2.34. The molecular formula is C19H16ClN3OS. The number of para-hydroxylation sites is 1. The highest BCUT2D eigenvalue weighted by molar-refractivity contribution is 7.25. The van der Waals surface area contributed by atoms with Gasteiger partial charge in [-0.15, -0.1) is 11.3 Å². The third-order valence-corrected chi connectivity index (χ3v) is 5.56. The number of rotatable bonds is 4. The molecule has 0 unspecified atom stereocenters. The Kier molecular flexibility index (Phi) is 4.29. The summed E-state index contributed by atoms with van der Waals surface area (Å²) in [5, 5.41) is 6.11. The van der Waals surface area contributed by atoms with Crippen LogP contribution in [0.3, 0.4) is 0 Å². The van der Waals surface area contributed by atoms with Gasteiger partial charge in [0.05, 0.1) is 15.6 Å². The quantitative estimate of drug-likeness (QED) is 0.318. The van der Waals surface area contributed by atoms with Crippen molar-refractivity contribution < 1.29 is 0 Å². The summed E-state index contributed by atoms with van der Waals surface area (Å²) in [5.74, 6) is 0.737. The third kappa shape index (κ3) is 2.84. The summed E-state index contributed by atoms with van der Waals surface area (Å²) in [6.45, 7) is 1.33. The minimum Gasteiger partial charge on any atom is -0.369 e. The first-order valence-electron chi connectivity index (χ1n) is 8.08. The number of nitrogens with zero attached hydrogens (tertiary/aromatic N) is 1. The highest BCUT2D eigenvalue weighted by atomic mass is 35.5. The predicted molar refractivity (Wildman–Crippen MR) is 108 cm³/mol. The van der Waals surface area contributed by atoms with Crippen molar-refractivity contribution in [3.63, 3.8) is 0 Å². The monoisotopic (exact) mass is 369 g/mol. The van der Waals surface area contributed by atoms with Gasteiger partial charge >= 0.3 is 0 Å². The molecule has 0 atom stereocenters. The number of hydrogen-bond donors (Lipinski definition) is 2. The number of pyridine rings is 1. The van der Waals surface area contributed by atoms with Crippen LogP contribution in [0.2, 0.25) is 5.02 Å². The Labute approximate surface area is 153 Å². The van der Waals surface area contributed by atoms with Gasteiger partial charge in [-0.05, 0) is 37.2 Å². The number of hydrogen-bond acceptors (Lipinski definition) is 5. The molecule has 0 saturated heterocycles. The molecule has 2 heterocycles. The molecule has 3 N–H and O–H groups in total. The van der Waals surface area contributed by atoms with Crippen LogP contribution in [0.1, 0.15) is 6.42 Å². The summed E-state index contributed by atoms with van der Waals surface area (Å²) in [6.07, 6.45) is 0.841. The third-order valence-electron chi connectivity index (χ3n) is 4.15. The Morgan fingerprint density at radius 2 is 2.00 bits per heavy atom. The van der Waals surface area contributed by atoms with Gasteiger partial charge in [-0.2, -0.15) is 0 Å². The Hall–Kier alpha value is -2.21. The number of halogens is 1. The van der Waals surface area contributed by atoms with E-state index in [2.05, 4.69) is 5.32 Å². The molecule has 4 nitrogen and oxygen atoms in total. The second-order valence-electron chi connectivity index (χ2n) is 5.82. The molecule has 4 aromatic rings. The number of aromatic nitrogens is 1. The molecule has 0 bridgehead atoms. The summed E-state index contributed by atoms with van der Waals surface area (Å²) in [4.78, 5) is 17.9. The van der Waals surface area contributed by atoms with E-state index < -0.39 is 0 Å². The first-order valence-corrected chi connectivity index (χ1v) is 9.27. The molecule has 0 spiro atoms. The van der Waals surface area contributed by atoms with E-state index in [4.69, 9.17) is 22.3 Å². The summed E-state index contributed by atoms with van der Waals surface area (Å²) >= 11 is 7.66. The van der Waals surface area contributed by atoms with Crippen molar-refractivity contribution in [1.82, 2.24) is 4.98 Å². The topological polar surface area (TPSA) is 68.0 Å². The lowest BCUT2D eigenvalue weighted by Gasteiger charge is -2.11. The molecule has 2 aromatic heterocycles. The maximum Gasteiger partial charge on any atom is 0.196 e. The molecule has 0 fully saturated rings. The summed E-state index contributed by atoms with van der Waals surface area (Å²) < 4.78 is 1.77. The van der Waals surface area contributed by atoms with Crippen LogP contribution in [0, 0.1) is 0 Å². The number of benzene rings is 2. The van der Waals surface area contributed by atoms with Crippen molar-refractivity contribution in [1.29, 1.82) is 0 Å². The Morgan fingerprint density at radius 3 is 2.84 bits per heavy atom. The number of nitrogens with one attached hydrogen (secondary N) is 1. The van der Waals surface area contributed by atoms with Crippen molar-refractivity contribution >= 4 is 59.8 Å². The lowest BCUT2D eigenvalue weighted by molar-refractivity contribution is 0.872. The van der Waals surface area contributed by atoms with Crippen LogP contribution in [0.5, 0.6) is 0 Å². The average molecular weight is 370 g/mol. The zero-order chi connectivity index (χ0) is 17.4. The van der Waals surface area contributed by atoms with Gasteiger partial charge in [0, 0.05) is 27.0 Å². The summed E-state index contributed by atoms with van der Waals surface area (Å²) in [6, 6.07) is 13.2. The second kappa shape index (κ2) is 6.59. The molecule has 0 aliphatic carbocycles. The van der Waals surface area contributed by atoms with Gasteiger partial charge in [-0.25, -0.2) is 4.98 Å². The number of fused-ring (bicyclic) bond motifs is 4. The first-order chi connectivity index (χ1) is 12.2. The van der Waals surface area contributed by atoms with Gasteiger partial charge in [-0.1, -0.05) is 29.8 Å². The van der Waals surface area contributed by atoms with Gasteiger partial charge in [0.25, 0.3) is 0 Å². The molecule has 6 heteroatoms. The van der Waals surface area contributed by atoms with E-state index in [0.29, 0.717) is 22.3 Å². The van der Waals surface area contributed by atoms with Crippen molar-refractivity contribution in [3.8, 4) is 0 Å². The van der Waals surface area contributed by atoms with Crippen molar-refractivity contribution in [2.45, 2.75) is 6.42 Å². The maximum absolute atomic E-state index is 13.2. The standard InChI is InChI=1S/C19H16ClN3OS/c20-11-6-7-15-13(10-11)17(24)16-12-4-1-2-5-14(12)23-19(18(16)25-15)22-9-3-8-21/h1-2,4-7,10H,3,8-9,21H2,(H,22,23). The molecule has 0 saturated carbocycles. The van der Waals surface area contributed by atoms with E-state index in [1.165, 1.54) is 0 Å². The molecular weight excluding hydrogens is 354 g/mol. The predicted octanol–water partition coefficient (Wildman–Crippen LogP) is 4.38. The van der Waals surface area contributed by atoms with Crippen molar-refractivity contribution in [2.75, 3.05) is 18.4 Å². The van der Waals surface area contributed by atoms with E-state index in [-0.39, 0.29) is 5.43 Å². The minimum absolute atomic E-state index is 0.00766. The van der Waals surface area contributed by atoms with E-state index in [1.807, 2.05) is 36.4 Å². The minimum atomic E-state index is -0.00766. The molecule has 25 heavy (non-hydrogen) atoms. The summed E-state index contributed by atoms with van der Waals surface area (Å²) in [5.41, 5.74) is 6.38. The average Bonchev–Trinajstić information content (AvgIpc) is 2.62. The number of anilines is 1. The van der Waals surface area contributed by atoms with E-state index >= 15 is 0 Å². The molecule has 2 aromatic carbocycles. The van der Waals surface area contributed by atoms with Crippen LogP contribution in [-0.2, 0) is 0 Å². The number of nitrogens with two attached hydrogens (primary N) is 1. The van der Waals surface area contributed by atoms with E-state index in [1.54, 1.807) is 17.4 Å². The van der Waals surface area contributed by atoms with Crippen molar-refractivity contribution in [3.05, 3.63) is 57.7 Å². The molecule has 126 valence electrons.